The smallest absolute Gasteiger partial charge is 0.122 e. The minimum Gasteiger partial charge on any atom is -0.377 e. The van der Waals surface area contributed by atoms with Crippen molar-refractivity contribution in [3.05, 3.63) is 0 Å². The molecule has 4 heteroatoms. The van der Waals surface area contributed by atoms with Gasteiger partial charge in [0, 0.05) is 25.7 Å². The Hall–Kier alpha value is -0.630. The zero-order chi connectivity index (χ0) is 14.7. The van der Waals surface area contributed by atoms with E-state index in [2.05, 4.69) is 23.2 Å². The van der Waals surface area contributed by atoms with E-state index in [9.17, 15) is 5.26 Å². The molecular formula is C17H29N3O. The number of likely N-dealkylation sites (tertiary alicyclic amines) is 1. The summed E-state index contributed by atoms with van der Waals surface area (Å²) in [4.78, 5) is 2.47. The van der Waals surface area contributed by atoms with E-state index in [1.165, 1.54) is 38.5 Å². The van der Waals surface area contributed by atoms with Gasteiger partial charge in [0.25, 0.3) is 0 Å². The summed E-state index contributed by atoms with van der Waals surface area (Å²) in [5.74, 6) is 0.569. The van der Waals surface area contributed by atoms with E-state index in [0.29, 0.717) is 18.1 Å². The van der Waals surface area contributed by atoms with Gasteiger partial charge in [-0.15, -0.1) is 0 Å². The highest BCUT2D eigenvalue weighted by Crippen LogP contribution is 2.42. The molecule has 2 saturated carbocycles. The van der Waals surface area contributed by atoms with Crippen LogP contribution in [0.2, 0.25) is 0 Å². The molecule has 2 unspecified atom stereocenters. The van der Waals surface area contributed by atoms with E-state index >= 15 is 0 Å². The Morgan fingerprint density at radius 2 is 2.10 bits per heavy atom. The highest BCUT2D eigenvalue weighted by atomic mass is 16.5. The summed E-state index contributed by atoms with van der Waals surface area (Å²) in [6.45, 7) is 6.03. The van der Waals surface area contributed by atoms with Crippen molar-refractivity contribution in [3.63, 3.8) is 0 Å². The molecule has 1 saturated heterocycles. The normalized spacial score (nSPS) is 29.8. The van der Waals surface area contributed by atoms with Crippen LogP contribution in [0, 0.1) is 17.2 Å². The van der Waals surface area contributed by atoms with Crippen molar-refractivity contribution < 1.29 is 4.74 Å². The average molecular weight is 291 g/mol. The van der Waals surface area contributed by atoms with Gasteiger partial charge in [0.1, 0.15) is 5.54 Å². The first-order valence-electron chi connectivity index (χ1n) is 8.78. The van der Waals surface area contributed by atoms with E-state index in [0.717, 1.165) is 32.7 Å². The summed E-state index contributed by atoms with van der Waals surface area (Å²) in [5, 5.41) is 13.5. The molecule has 0 radical (unpaired) electrons. The molecule has 0 aromatic heterocycles. The molecule has 3 rings (SSSR count). The Kier molecular flexibility index (Phi) is 4.83. The largest absolute Gasteiger partial charge is 0.377 e. The van der Waals surface area contributed by atoms with E-state index in [4.69, 9.17) is 4.74 Å². The molecule has 2 aliphatic carbocycles. The van der Waals surface area contributed by atoms with Crippen LogP contribution in [0.1, 0.15) is 51.9 Å². The summed E-state index contributed by atoms with van der Waals surface area (Å²) in [5.41, 5.74) is -0.298. The van der Waals surface area contributed by atoms with Crippen molar-refractivity contribution in [2.45, 2.75) is 69.6 Å². The molecule has 1 aliphatic heterocycles. The van der Waals surface area contributed by atoms with Gasteiger partial charge in [0.05, 0.1) is 12.2 Å². The second kappa shape index (κ2) is 6.64. The van der Waals surface area contributed by atoms with Gasteiger partial charge in [0.15, 0.2) is 0 Å². The fourth-order valence-corrected chi connectivity index (χ4v) is 3.55. The molecule has 3 fully saturated rings. The third-order valence-electron chi connectivity index (χ3n) is 5.01. The van der Waals surface area contributed by atoms with Gasteiger partial charge in [-0.3, -0.25) is 10.2 Å². The molecule has 0 spiro atoms. The summed E-state index contributed by atoms with van der Waals surface area (Å²) in [6, 6.07) is 3.26. The maximum absolute atomic E-state index is 9.83. The molecule has 0 bridgehead atoms. The van der Waals surface area contributed by atoms with Crippen molar-refractivity contribution in [1.82, 2.24) is 10.2 Å². The molecular weight excluding hydrogens is 262 g/mol. The van der Waals surface area contributed by atoms with Gasteiger partial charge in [-0.2, -0.15) is 5.26 Å². The first kappa shape index (κ1) is 15.3. The minimum atomic E-state index is -0.298. The second-order valence-electron chi connectivity index (χ2n) is 7.15. The SMILES string of the molecule is CCCOC1CCCN(CC(C#N)(NC2CC2)C2CC2)C1. The lowest BCUT2D eigenvalue weighted by Gasteiger charge is -2.38. The quantitative estimate of drug-likeness (QED) is 0.745. The topological polar surface area (TPSA) is 48.3 Å². The van der Waals surface area contributed by atoms with Crippen LogP contribution in [0.4, 0.5) is 0 Å². The monoisotopic (exact) mass is 291 g/mol. The number of rotatable bonds is 8. The van der Waals surface area contributed by atoms with Crippen molar-refractivity contribution >= 4 is 0 Å². The summed E-state index contributed by atoms with van der Waals surface area (Å²) in [6.07, 6.45) is 8.77. The van der Waals surface area contributed by atoms with Crippen LogP contribution < -0.4 is 5.32 Å². The van der Waals surface area contributed by atoms with Gasteiger partial charge >= 0.3 is 0 Å². The highest BCUT2D eigenvalue weighted by Gasteiger charge is 2.49. The molecule has 0 aromatic carbocycles. The Bertz CT molecular complexity index is 386. The molecule has 1 heterocycles. The van der Waals surface area contributed by atoms with Gasteiger partial charge in [-0.25, -0.2) is 0 Å². The van der Waals surface area contributed by atoms with E-state index in [1.807, 2.05) is 0 Å². The lowest BCUT2D eigenvalue weighted by molar-refractivity contribution is -0.00590. The standard InChI is InChI=1S/C17H29N3O/c1-2-10-21-16-4-3-9-20(11-16)13-17(12-18,14-5-6-14)19-15-7-8-15/h14-16,19H,2-11,13H2,1H3. The van der Waals surface area contributed by atoms with Crippen molar-refractivity contribution in [3.8, 4) is 6.07 Å². The Morgan fingerprint density at radius 1 is 1.29 bits per heavy atom. The predicted octanol–water partition coefficient (Wildman–Crippen LogP) is 2.30. The fraction of sp³-hybridized carbons (Fsp3) is 0.941. The Labute approximate surface area is 128 Å². The number of nitriles is 1. The summed E-state index contributed by atoms with van der Waals surface area (Å²) in [7, 11) is 0. The predicted molar refractivity (Wildman–Crippen MR) is 82.9 cm³/mol. The van der Waals surface area contributed by atoms with E-state index in [-0.39, 0.29) is 5.54 Å². The zero-order valence-corrected chi connectivity index (χ0v) is 13.3. The van der Waals surface area contributed by atoms with Crippen LogP contribution >= 0.6 is 0 Å². The minimum absolute atomic E-state index is 0.298. The van der Waals surface area contributed by atoms with E-state index in [1.54, 1.807) is 0 Å². The lowest BCUT2D eigenvalue weighted by atomic mass is 9.92. The maximum Gasteiger partial charge on any atom is 0.122 e. The van der Waals surface area contributed by atoms with E-state index < -0.39 is 0 Å². The number of hydrogen-bond acceptors (Lipinski definition) is 4. The van der Waals surface area contributed by atoms with Crippen molar-refractivity contribution in [2.75, 3.05) is 26.2 Å². The molecule has 0 amide bonds. The first-order chi connectivity index (χ1) is 10.3. The maximum atomic E-state index is 9.83. The lowest BCUT2D eigenvalue weighted by Crippen LogP contribution is -2.57. The Balaban J connectivity index is 1.58. The fourth-order valence-electron chi connectivity index (χ4n) is 3.55. The van der Waals surface area contributed by atoms with Crippen LogP contribution in [-0.4, -0.2) is 48.8 Å². The summed E-state index contributed by atoms with van der Waals surface area (Å²) >= 11 is 0. The molecule has 1 N–H and O–H groups in total. The van der Waals surface area contributed by atoms with Crippen LogP contribution in [-0.2, 0) is 4.74 Å². The number of nitrogens with one attached hydrogen (secondary N) is 1. The van der Waals surface area contributed by atoms with Crippen LogP contribution in [0.3, 0.4) is 0 Å². The zero-order valence-electron chi connectivity index (χ0n) is 13.3. The van der Waals surface area contributed by atoms with Crippen LogP contribution in [0.5, 0.6) is 0 Å². The average Bonchev–Trinajstić information content (AvgIpc) is 3.37. The molecule has 0 aromatic rings. The number of nitrogens with zero attached hydrogens (tertiary/aromatic N) is 2. The molecule has 118 valence electrons. The molecule has 21 heavy (non-hydrogen) atoms. The van der Waals surface area contributed by atoms with Gasteiger partial charge in [-0.1, -0.05) is 6.92 Å². The molecule has 3 aliphatic rings. The van der Waals surface area contributed by atoms with Crippen LogP contribution in [0.25, 0.3) is 0 Å². The third kappa shape index (κ3) is 3.97. The van der Waals surface area contributed by atoms with Crippen molar-refractivity contribution in [2.24, 2.45) is 5.92 Å². The summed E-state index contributed by atoms with van der Waals surface area (Å²) < 4.78 is 5.94. The van der Waals surface area contributed by atoms with Crippen LogP contribution in [0.15, 0.2) is 0 Å². The molecule has 4 nitrogen and oxygen atoms in total. The van der Waals surface area contributed by atoms with Gasteiger partial charge in [0.2, 0.25) is 0 Å². The third-order valence-corrected chi connectivity index (χ3v) is 5.01. The van der Waals surface area contributed by atoms with Gasteiger partial charge < -0.3 is 4.74 Å². The van der Waals surface area contributed by atoms with Crippen molar-refractivity contribution in [1.29, 1.82) is 5.26 Å². The first-order valence-corrected chi connectivity index (χ1v) is 8.78. The second-order valence-corrected chi connectivity index (χ2v) is 7.15. The number of hydrogen-bond donors (Lipinski definition) is 1. The Morgan fingerprint density at radius 3 is 2.71 bits per heavy atom. The van der Waals surface area contributed by atoms with Gasteiger partial charge in [-0.05, 0) is 57.4 Å². The molecule has 2 atom stereocenters. The highest BCUT2D eigenvalue weighted by molar-refractivity contribution is 5.18. The number of ether oxygens (including phenoxy) is 1. The number of piperidine rings is 1.